The highest BCUT2D eigenvalue weighted by Gasteiger charge is 2.20. The predicted octanol–water partition coefficient (Wildman–Crippen LogP) is 4.46. The number of ether oxygens (including phenoxy) is 1. The molecule has 0 saturated carbocycles. The number of rotatable bonds is 5. The van der Waals surface area contributed by atoms with E-state index in [9.17, 15) is 9.59 Å². The van der Waals surface area contributed by atoms with Crippen LogP contribution in [0.4, 0.5) is 5.69 Å². The van der Waals surface area contributed by atoms with Crippen LogP contribution in [0.1, 0.15) is 57.4 Å². The molecule has 0 spiro atoms. The van der Waals surface area contributed by atoms with Crippen LogP contribution >= 0.6 is 11.3 Å². The van der Waals surface area contributed by atoms with Crippen molar-refractivity contribution in [3.63, 3.8) is 0 Å². The van der Waals surface area contributed by atoms with Gasteiger partial charge >= 0.3 is 5.97 Å². The average molecular weight is 357 g/mol. The number of fused-ring (bicyclic) bond motifs is 1. The maximum atomic E-state index is 12.2. The van der Waals surface area contributed by atoms with Crippen LogP contribution < -0.4 is 5.32 Å². The zero-order valence-electron chi connectivity index (χ0n) is 14.8. The second-order valence-electron chi connectivity index (χ2n) is 6.73. The molecule has 0 saturated heterocycles. The van der Waals surface area contributed by atoms with E-state index in [-0.39, 0.29) is 12.5 Å². The highest BCUT2D eigenvalue weighted by molar-refractivity contribution is 7.14. The van der Waals surface area contributed by atoms with Gasteiger partial charge in [-0.15, -0.1) is 11.3 Å². The number of para-hydroxylation sites is 1. The van der Waals surface area contributed by atoms with Crippen molar-refractivity contribution in [3.8, 4) is 0 Å². The normalized spacial score (nSPS) is 13.0. The summed E-state index contributed by atoms with van der Waals surface area (Å²) in [4.78, 5) is 26.3. The van der Waals surface area contributed by atoms with Crippen LogP contribution in [-0.4, -0.2) is 18.5 Å². The second kappa shape index (κ2) is 7.40. The quantitative estimate of drug-likeness (QED) is 0.804. The van der Waals surface area contributed by atoms with Crippen LogP contribution in [-0.2, 0) is 22.4 Å². The maximum absolute atomic E-state index is 12.2. The first kappa shape index (κ1) is 17.7. The van der Waals surface area contributed by atoms with Crippen LogP contribution in [0.5, 0.6) is 0 Å². The lowest BCUT2D eigenvalue weighted by Crippen LogP contribution is -2.22. The molecule has 132 valence electrons. The molecule has 1 aliphatic rings. The highest BCUT2D eigenvalue weighted by atomic mass is 32.1. The molecule has 0 atom stereocenters. The van der Waals surface area contributed by atoms with Crippen molar-refractivity contribution in [2.45, 2.75) is 46.0 Å². The molecular formula is C20H23NO3S. The molecule has 1 aromatic carbocycles. The SMILES string of the molecule is Cc1cccc(C(C)C)c1NC(=O)COC(=O)c1cc2c(s1)CCC2. The van der Waals surface area contributed by atoms with Crippen molar-refractivity contribution in [3.05, 3.63) is 50.7 Å². The fourth-order valence-electron chi connectivity index (χ4n) is 3.15. The molecule has 1 amide bonds. The minimum absolute atomic E-state index is 0.271. The van der Waals surface area contributed by atoms with Crippen LogP contribution in [0.15, 0.2) is 24.3 Å². The van der Waals surface area contributed by atoms with Gasteiger partial charge in [-0.1, -0.05) is 32.0 Å². The third-order valence-electron chi connectivity index (χ3n) is 4.47. The molecule has 1 aliphatic carbocycles. The number of esters is 1. The average Bonchev–Trinajstić information content (AvgIpc) is 3.16. The number of hydrogen-bond acceptors (Lipinski definition) is 4. The Morgan fingerprint density at radius 2 is 2.08 bits per heavy atom. The van der Waals surface area contributed by atoms with E-state index in [4.69, 9.17) is 4.74 Å². The Kier molecular flexibility index (Phi) is 5.23. The Hall–Kier alpha value is -2.14. The Labute approximate surface area is 152 Å². The molecule has 0 fully saturated rings. The molecule has 5 heteroatoms. The van der Waals surface area contributed by atoms with Gasteiger partial charge in [0.05, 0.1) is 0 Å². The lowest BCUT2D eigenvalue weighted by Gasteiger charge is -2.16. The van der Waals surface area contributed by atoms with E-state index < -0.39 is 5.97 Å². The third kappa shape index (κ3) is 3.93. The molecule has 1 aromatic heterocycles. The van der Waals surface area contributed by atoms with Crippen molar-refractivity contribution in [2.75, 3.05) is 11.9 Å². The summed E-state index contributed by atoms with van der Waals surface area (Å²) in [5, 5.41) is 2.89. The fourth-order valence-corrected chi connectivity index (χ4v) is 4.30. The topological polar surface area (TPSA) is 55.4 Å². The van der Waals surface area contributed by atoms with E-state index >= 15 is 0 Å². The number of carbonyl (C=O) groups excluding carboxylic acids is 2. The maximum Gasteiger partial charge on any atom is 0.348 e. The standard InChI is InChI=1S/C20H23NO3S/c1-12(2)15-8-4-6-13(3)19(15)21-18(22)11-24-20(23)17-10-14-7-5-9-16(14)25-17/h4,6,8,10,12H,5,7,9,11H2,1-3H3,(H,21,22). The van der Waals surface area contributed by atoms with Crippen molar-refractivity contribution >= 4 is 28.9 Å². The predicted molar refractivity (Wildman–Crippen MR) is 101 cm³/mol. The summed E-state index contributed by atoms with van der Waals surface area (Å²) in [6, 6.07) is 7.86. The Bertz CT molecular complexity index is 786. The lowest BCUT2D eigenvalue weighted by atomic mass is 9.98. The number of nitrogens with one attached hydrogen (secondary N) is 1. The number of aryl methyl sites for hydroxylation is 3. The summed E-state index contributed by atoms with van der Waals surface area (Å²) in [7, 11) is 0. The Balaban J connectivity index is 1.60. The molecule has 25 heavy (non-hydrogen) atoms. The van der Waals surface area contributed by atoms with E-state index in [0.717, 1.165) is 36.1 Å². The highest BCUT2D eigenvalue weighted by Crippen LogP contribution is 2.31. The van der Waals surface area contributed by atoms with E-state index in [2.05, 4.69) is 19.2 Å². The van der Waals surface area contributed by atoms with Gasteiger partial charge in [-0.05, 0) is 54.9 Å². The Morgan fingerprint density at radius 3 is 2.80 bits per heavy atom. The number of amides is 1. The summed E-state index contributed by atoms with van der Waals surface area (Å²) in [5.74, 6) is -0.427. The molecule has 3 rings (SSSR count). The number of thiophene rings is 1. The molecule has 0 radical (unpaired) electrons. The molecule has 4 nitrogen and oxygen atoms in total. The van der Waals surface area contributed by atoms with Gasteiger partial charge in [0, 0.05) is 10.6 Å². The number of hydrogen-bond donors (Lipinski definition) is 1. The smallest absolute Gasteiger partial charge is 0.348 e. The minimum atomic E-state index is -0.414. The molecule has 1 N–H and O–H groups in total. The molecule has 1 heterocycles. The molecular weight excluding hydrogens is 334 g/mol. The van der Waals surface area contributed by atoms with Gasteiger partial charge in [-0.3, -0.25) is 4.79 Å². The van der Waals surface area contributed by atoms with Gasteiger partial charge in [-0.2, -0.15) is 0 Å². The molecule has 0 unspecified atom stereocenters. The second-order valence-corrected chi connectivity index (χ2v) is 7.87. The summed E-state index contributed by atoms with van der Waals surface area (Å²) >= 11 is 1.49. The minimum Gasteiger partial charge on any atom is -0.451 e. The lowest BCUT2D eigenvalue weighted by molar-refractivity contribution is -0.119. The van der Waals surface area contributed by atoms with Gasteiger partial charge < -0.3 is 10.1 Å². The first-order valence-corrected chi connectivity index (χ1v) is 9.45. The van der Waals surface area contributed by atoms with E-state index in [0.29, 0.717) is 10.8 Å². The molecule has 0 bridgehead atoms. The van der Waals surface area contributed by atoms with Crippen molar-refractivity contribution < 1.29 is 14.3 Å². The van der Waals surface area contributed by atoms with Gasteiger partial charge in [0.2, 0.25) is 0 Å². The monoisotopic (exact) mass is 357 g/mol. The number of anilines is 1. The van der Waals surface area contributed by atoms with E-state index in [1.807, 2.05) is 31.2 Å². The summed E-state index contributed by atoms with van der Waals surface area (Å²) in [6.45, 7) is 5.86. The molecule has 0 aliphatic heterocycles. The summed E-state index contributed by atoms with van der Waals surface area (Å²) in [6.07, 6.45) is 3.23. The molecule has 2 aromatic rings. The van der Waals surface area contributed by atoms with Crippen LogP contribution in [0.25, 0.3) is 0 Å². The zero-order valence-corrected chi connectivity index (χ0v) is 15.7. The van der Waals surface area contributed by atoms with Crippen LogP contribution in [0.2, 0.25) is 0 Å². The zero-order chi connectivity index (χ0) is 18.0. The first-order valence-electron chi connectivity index (χ1n) is 8.63. The number of benzene rings is 1. The van der Waals surface area contributed by atoms with Crippen molar-refractivity contribution in [1.29, 1.82) is 0 Å². The van der Waals surface area contributed by atoms with Gasteiger partial charge in [-0.25, -0.2) is 4.79 Å². The third-order valence-corrected chi connectivity index (χ3v) is 5.69. The van der Waals surface area contributed by atoms with Gasteiger partial charge in [0.25, 0.3) is 5.91 Å². The largest absolute Gasteiger partial charge is 0.451 e. The first-order chi connectivity index (χ1) is 12.0. The van der Waals surface area contributed by atoms with E-state index in [1.54, 1.807) is 0 Å². The van der Waals surface area contributed by atoms with Gasteiger partial charge in [0.1, 0.15) is 4.88 Å². The van der Waals surface area contributed by atoms with Crippen LogP contribution in [0, 0.1) is 6.92 Å². The van der Waals surface area contributed by atoms with E-state index in [1.165, 1.54) is 21.8 Å². The van der Waals surface area contributed by atoms with Gasteiger partial charge in [0.15, 0.2) is 6.61 Å². The van der Waals surface area contributed by atoms with Crippen LogP contribution in [0.3, 0.4) is 0 Å². The van der Waals surface area contributed by atoms with Crippen molar-refractivity contribution in [2.24, 2.45) is 0 Å². The Morgan fingerprint density at radius 1 is 1.28 bits per heavy atom. The summed E-state index contributed by atoms with van der Waals surface area (Å²) < 4.78 is 5.20. The fraction of sp³-hybridized carbons (Fsp3) is 0.400. The number of carbonyl (C=O) groups is 2. The summed E-state index contributed by atoms with van der Waals surface area (Å²) in [5.41, 5.74) is 4.14. The van der Waals surface area contributed by atoms with Crippen molar-refractivity contribution in [1.82, 2.24) is 0 Å².